The molecule has 0 radical (unpaired) electrons. The SMILES string of the molecule is CC[C@@]1(C(=O)O)C[C@H](C(=O)N2CCN(C)CC2)[C@H](c2ccc(OC)cc2)N1C. The van der Waals surface area contributed by atoms with E-state index in [1.54, 1.807) is 7.11 Å². The number of carboxylic acid groups (broad SMARTS) is 1. The molecule has 2 heterocycles. The van der Waals surface area contributed by atoms with Gasteiger partial charge in [0.15, 0.2) is 0 Å². The number of hydrogen-bond acceptors (Lipinski definition) is 5. The van der Waals surface area contributed by atoms with Gasteiger partial charge >= 0.3 is 5.97 Å². The molecule has 2 saturated heterocycles. The summed E-state index contributed by atoms with van der Waals surface area (Å²) in [5.41, 5.74) is -0.0790. The summed E-state index contributed by atoms with van der Waals surface area (Å²) in [6.45, 7) is 4.96. The molecule has 0 spiro atoms. The van der Waals surface area contributed by atoms with Gasteiger partial charge in [0, 0.05) is 32.2 Å². The Morgan fingerprint density at radius 3 is 2.25 bits per heavy atom. The zero-order chi connectivity index (χ0) is 20.5. The molecule has 0 aromatic heterocycles. The summed E-state index contributed by atoms with van der Waals surface area (Å²) < 4.78 is 5.25. The molecule has 1 aromatic carbocycles. The number of carbonyl (C=O) groups is 2. The van der Waals surface area contributed by atoms with Crippen LogP contribution in [0.2, 0.25) is 0 Å². The second-order valence-corrected chi connectivity index (χ2v) is 7.96. The number of likely N-dealkylation sites (N-methyl/N-ethyl adjacent to an activating group) is 2. The highest BCUT2D eigenvalue weighted by atomic mass is 16.5. The van der Waals surface area contributed by atoms with E-state index in [4.69, 9.17) is 4.74 Å². The fourth-order valence-corrected chi connectivity index (χ4v) is 4.68. The van der Waals surface area contributed by atoms with Crippen molar-refractivity contribution in [3.05, 3.63) is 29.8 Å². The van der Waals surface area contributed by atoms with Crippen molar-refractivity contribution in [3.63, 3.8) is 0 Å². The largest absolute Gasteiger partial charge is 0.497 e. The van der Waals surface area contributed by atoms with Crippen LogP contribution in [0, 0.1) is 5.92 Å². The number of carbonyl (C=O) groups excluding carboxylic acids is 1. The lowest BCUT2D eigenvalue weighted by Crippen LogP contribution is -2.49. The van der Waals surface area contributed by atoms with Gasteiger partial charge in [0.1, 0.15) is 11.3 Å². The Kier molecular flexibility index (Phi) is 5.95. The number of nitrogens with zero attached hydrogens (tertiary/aromatic N) is 3. The lowest BCUT2D eigenvalue weighted by atomic mass is 9.86. The molecule has 3 atom stereocenters. The van der Waals surface area contributed by atoms with Crippen LogP contribution in [0.15, 0.2) is 24.3 Å². The quantitative estimate of drug-likeness (QED) is 0.826. The third-order valence-electron chi connectivity index (χ3n) is 6.60. The van der Waals surface area contributed by atoms with E-state index in [2.05, 4.69) is 11.9 Å². The van der Waals surface area contributed by atoms with Crippen LogP contribution < -0.4 is 4.74 Å². The minimum absolute atomic E-state index is 0.0670. The zero-order valence-corrected chi connectivity index (χ0v) is 17.2. The lowest BCUT2D eigenvalue weighted by Gasteiger charge is -2.36. The van der Waals surface area contributed by atoms with Gasteiger partial charge in [0.25, 0.3) is 0 Å². The monoisotopic (exact) mass is 389 g/mol. The van der Waals surface area contributed by atoms with Crippen molar-refractivity contribution < 1.29 is 19.4 Å². The van der Waals surface area contributed by atoms with Crippen LogP contribution in [-0.2, 0) is 9.59 Å². The summed E-state index contributed by atoms with van der Waals surface area (Å²) in [6.07, 6.45) is 0.787. The van der Waals surface area contributed by atoms with E-state index in [0.29, 0.717) is 25.9 Å². The maximum absolute atomic E-state index is 13.4. The highest BCUT2D eigenvalue weighted by Gasteiger charge is 2.56. The van der Waals surface area contributed by atoms with Gasteiger partial charge < -0.3 is 19.6 Å². The van der Waals surface area contributed by atoms with E-state index in [1.807, 2.05) is 48.0 Å². The first-order valence-corrected chi connectivity index (χ1v) is 9.91. The van der Waals surface area contributed by atoms with Crippen molar-refractivity contribution in [2.24, 2.45) is 5.92 Å². The third kappa shape index (κ3) is 3.49. The van der Waals surface area contributed by atoms with Gasteiger partial charge in [-0.05, 0) is 44.6 Å². The van der Waals surface area contributed by atoms with Crippen LogP contribution in [0.25, 0.3) is 0 Å². The second kappa shape index (κ2) is 8.09. The standard InChI is InChI=1S/C21H31N3O4/c1-5-21(20(26)27)14-17(19(25)24-12-10-22(2)11-13-24)18(23(21)3)15-6-8-16(28-4)9-7-15/h6-9,17-18H,5,10-14H2,1-4H3,(H,26,27)/t17-,18-,21-/m0/s1. The normalized spacial score (nSPS) is 29.1. The minimum atomic E-state index is -1.03. The zero-order valence-electron chi connectivity index (χ0n) is 17.2. The fourth-order valence-electron chi connectivity index (χ4n) is 4.68. The summed E-state index contributed by atoms with van der Waals surface area (Å²) in [5, 5.41) is 10.0. The van der Waals surface area contributed by atoms with Crippen LogP contribution in [0.4, 0.5) is 0 Å². The van der Waals surface area contributed by atoms with Crippen molar-refractivity contribution in [1.29, 1.82) is 0 Å². The fraction of sp³-hybridized carbons (Fsp3) is 0.619. The number of ether oxygens (including phenoxy) is 1. The Bertz CT molecular complexity index is 715. The molecule has 2 aliphatic rings. The molecular weight excluding hydrogens is 358 g/mol. The van der Waals surface area contributed by atoms with Crippen molar-refractivity contribution in [2.75, 3.05) is 47.4 Å². The summed E-state index contributed by atoms with van der Waals surface area (Å²) in [6, 6.07) is 7.35. The van der Waals surface area contributed by atoms with Gasteiger partial charge in [-0.15, -0.1) is 0 Å². The molecule has 0 unspecified atom stereocenters. The highest BCUT2D eigenvalue weighted by molar-refractivity contribution is 5.85. The molecule has 1 amide bonds. The van der Waals surface area contributed by atoms with E-state index < -0.39 is 11.5 Å². The molecule has 28 heavy (non-hydrogen) atoms. The van der Waals surface area contributed by atoms with Crippen LogP contribution in [-0.4, -0.2) is 84.6 Å². The predicted octanol–water partition coefficient (Wildman–Crippen LogP) is 1.70. The topological polar surface area (TPSA) is 73.3 Å². The average molecular weight is 389 g/mol. The number of piperazine rings is 1. The number of rotatable bonds is 5. The molecule has 2 aliphatic heterocycles. The number of methoxy groups -OCH3 is 1. The van der Waals surface area contributed by atoms with Gasteiger partial charge in [-0.25, -0.2) is 0 Å². The van der Waals surface area contributed by atoms with Crippen LogP contribution in [0.1, 0.15) is 31.4 Å². The van der Waals surface area contributed by atoms with E-state index in [1.165, 1.54) is 0 Å². The van der Waals surface area contributed by atoms with E-state index in [0.717, 1.165) is 24.4 Å². The molecule has 1 aromatic rings. The number of aliphatic carboxylic acids is 1. The Balaban J connectivity index is 1.96. The minimum Gasteiger partial charge on any atom is -0.497 e. The highest BCUT2D eigenvalue weighted by Crippen LogP contribution is 2.48. The van der Waals surface area contributed by atoms with Gasteiger partial charge in [-0.2, -0.15) is 0 Å². The van der Waals surface area contributed by atoms with E-state index in [9.17, 15) is 14.7 Å². The molecule has 1 N–H and O–H groups in total. The van der Waals surface area contributed by atoms with E-state index in [-0.39, 0.29) is 17.9 Å². The number of carboxylic acids is 1. The maximum atomic E-state index is 13.4. The van der Waals surface area contributed by atoms with Crippen molar-refractivity contribution in [2.45, 2.75) is 31.3 Å². The number of amides is 1. The van der Waals surface area contributed by atoms with Gasteiger partial charge in [-0.3, -0.25) is 14.5 Å². The maximum Gasteiger partial charge on any atom is 0.324 e. The summed E-state index contributed by atoms with van der Waals surface area (Å²) in [5.74, 6) is -0.425. The third-order valence-corrected chi connectivity index (χ3v) is 6.60. The lowest BCUT2D eigenvalue weighted by molar-refractivity contribution is -0.150. The second-order valence-electron chi connectivity index (χ2n) is 7.96. The molecule has 7 nitrogen and oxygen atoms in total. The summed E-state index contributed by atoms with van der Waals surface area (Å²) in [7, 11) is 5.50. The Hall–Kier alpha value is -2.12. The van der Waals surface area contributed by atoms with Crippen LogP contribution in [0.3, 0.4) is 0 Å². The van der Waals surface area contributed by atoms with Crippen LogP contribution >= 0.6 is 0 Å². The Labute approximate surface area is 166 Å². The van der Waals surface area contributed by atoms with Gasteiger partial charge in [-0.1, -0.05) is 19.1 Å². The first-order chi connectivity index (χ1) is 13.3. The number of likely N-dealkylation sites (tertiary alicyclic amines) is 1. The molecule has 154 valence electrons. The molecule has 7 heteroatoms. The van der Waals surface area contributed by atoms with Gasteiger partial charge in [0.2, 0.25) is 5.91 Å². The van der Waals surface area contributed by atoms with Gasteiger partial charge in [0.05, 0.1) is 13.0 Å². The van der Waals surface area contributed by atoms with Crippen LogP contribution in [0.5, 0.6) is 5.75 Å². The summed E-state index contributed by atoms with van der Waals surface area (Å²) in [4.78, 5) is 31.7. The molecule has 2 fully saturated rings. The molecular formula is C21H31N3O4. The molecule has 0 aliphatic carbocycles. The first-order valence-electron chi connectivity index (χ1n) is 9.91. The predicted molar refractivity (Wildman–Crippen MR) is 106 cm³/mol. The first kappa shape index (κ1) is 20.6. The molecule has 0 bridgehead atoms. The smallest absolute Gasteiger partial charge is 0.324 e. The average Bonchev–Trinajstić information content (AvgIpc) is 3.01. The van der Waals surface area contributed by atoms with Crippen molar-refractivity contribution >= 4 is 11.9 Å². The number of hydrogen-bond donors (Lipinski definition) is 1. The molecule has 0 saturated carbocycles. The number of benzene rings is 1. The Morgan fingerprint density at radius 1 is 1.14 bits per heavy atom. The summed E-state index contributed by atoms with van der Waals surface area (Å²) >= 11 is 0. The van der Waals surface area contributed by atoms with E-state index >= 15 is 0 Å². The Morgan fingerprint density at radius 2 is 1.75 bits per heavy atom. The van der Waals surface area contributed by atoms with Crippen molar-refractivity contribution in [1.82, 2.24) is 14.7 Å². The molecule has 3 rings (SSSR count). The van der Waals surface area contributed by atoms with Crippen molar-refractivity contribution in [3.8, 4) is 5.75 Å².